The van der Waals surface area contributed by atoms with Crippen molar-refractivity contribution in [2.75, 3.05) is 42.6 Å². The van der Waals surface area contributed by atoms with Gasteiger partial charge in [0.15, 0.2) is 6.61 Å². The Bertz CT molecular complexity index is 1300. The van der Waals surface area contributed by atoms with E-state index in [1.54, 1.807) is 17.0 Å². The number of piperazine rings is 1. The molecule has 1 N–H and O–H groups in total. The Balaban J connectivity index is 1.45. The van der Waals surface area contributed by atoms with Crippen molar-refractivity contribution in [1.29, 1.82) is 0 Å². The summed E-state index contributed by atoms with van der Waals surface area (Å²) < 4.78 is 35.6. The fourth-order valence-electron chi connectivity index (χ4n) is 5.01. The fraction of sp³-hybridized carbons (Fsp3) is 0.357. The number of nitrogens with one attached hydrogen (secondary N) is 1. The zero-order chi connectivity index (χ0) is 25.4. The molecule has 0 aliphatic carbocycles. The number of anilines is 2. The molecule has 2 aliphatic rings. The molecule has 1 saturated heterocycles. The van der Waals surface area contributed by atoms with Crippen LogP contribution in [0.3, 0.4) is 0 Å². The number of pyridine rings is 1. The van der Waals surface area contributed by atoms with Gasteiger partial charge in [0.25, 0.3) is 5.91 Å². The minimum Gasteiger partial charge on any atom is -0.481 e. The summed E-state index contributed by atoms with van der Waals surface area (Å²) >= 11 is 0. The molecule has 3 heterocycles. The highest BCUT2D eigenvalue weighted by Crippen LogP contribution is 2.40. The van der Waals surface area contributed by atoms with Crippen molar-refractivity contribution >= 4 is 17.3 Å². The highest BCUT2D eigenvalue weighted by molar-refractivity contribution is 5.99. The summed E-state index contributed by atoms with van der Waals surface area (Å²) in [5, 5.41) is 3.27. The lowest BCUT2D eigenvalue weighted by Crippen LogP contribution is -2.43. The Morgan fingerprint density at radius 1 is 1.06 bits per heavy atom. The number of carbonyl (C=O) groups is 1. The van der Waals surface area contributed by atoms with Crippen molar-refractivity contribution in [3.63, 3.8) is 0 Å². The number of rotatable bonds is 5. The Hall–Kier alpha value is -3.52. The molecular weight excluding hydrogens is 462 g/mol. The van der Waals surface area contributed by atoms with Gasteiger partial charge in [-0.1, -0.05) is 6.07 Å². The third-order valence-electron chi connectivity index (χ3n) is 6.72. The number of nitrogens with zero attached hydrogens (tertiary/aromatic N) is 3. The standard InChI is InChI=1S/C28H30F2N4O2/c1-17(2)34-26-13-20(10-18(3)28(26)36-16-27(34)35)22-14-21(32-15-24(22)30)11-19-4-5-25(23(29)12-19)33-8-6-31-7-9-33/h4-5,10,12-15,17,31H,6-9,11,16H2,1-3H3. The summed E-state index contributed by atoms with van der Waals surface area (Å²) in [5.41, 5.74) is 4.47. The zero-order valence-corrected chi connectivity index (χ0v) is 20.8. The summed E-state index contributed by atoms with van der Waals surface area (Å²) in [7, 11) is 0. The SMILES string of the molecule is Cc1cc(-c2cc(Cc3ccc(N4CCNCC4)c(F)c3)ncc2F)cc2c1OCC(=O)N2C(C)C. The molecule has 1 amide bonds. The fourth-order valence-corrected chi connectivity index (χ4v) is 5.01. The van der Waals surface area contributed by atoms with Crippen molar-refractivity contribution in [2.45, 2.75) is 33.2 Å². The van der Waals surface area contributed by atoms with Crippen LogP contribution in [0.25, 0.3) is 11.1 Å². The Morgan fingerprint density at radius 3 is 2.56 bits per heavy atom. The molecule has 2 aromatic carbocycles. The average molecular weight is 493 g/mol. The van der Waals surface area contributed by atoms with Crippen LogP contribution in [0.4, 0.5) is 20.2 Å². The van der Waals surface area contributed by atoms with Gasteiger partial charge in [-0.15, -0.1) is 0 Å². The number of aryl methyl sites for hydroxylation is 1. The van der Waals surface area contributed by atoms with Gasteiger partial charge in [0, 0.05) is 49.9 Å². The number of halogens is 2. The third-order valence-corrected chi connectivity index (χ3v) is 6.72. The quantitative estimate of drug-likeness (QED) is 0.570. The van der Waals surface area contributed by atoms with Crippen LogP contribution in [0.15, 0.2) is 42.6 Å². The second kappa shape index (κ2) is 9.85. The maximum Gasteiger partial charge on any atom is 0.265 e. The normalized spacial score (nSPS) is 15.8. The van der Waals surface area contributed by atoms with Crippen molar-refractivity contribution in [3.05, 3.63) is 71.1 Å². The maximum absolute atomic E-state index is 15.0. The number of carbonyl (C=O) groups excluding carboxylic acids is 1. The van der Waals surface area contributed by atoms with Crippen LogP contribution >= 0.6 is 0 Å². The molecule has 1 aromatic heterocycles. The number of hydrogen-bond acceptors (Lipinski definition) is 5. The second-order valence-electron chi connectivity index (χ2n) is 9.64. The summed E-state index contributed by atoms with van der Waals surface area (Å²) in [4.78, 5) is 20.5. The van der Waals surface area contributed by atoms with Crippen LogP contribution in [0.2, 0.25) is 0 Å². The van der Waals surface area contributed by atoms with Crippen LogP contribution in [0.5, 0.6) is 5.75 Å². The molecule has 0 saturated carbocycles. The van der Waals surface area contributed by atoms with E-state index >= 15 is 0 Å². The molecule has 36 heavy (non-hydrogen) atoms. The van der Waals surface area contributed by atoms with Crippen molar-refractivity contribution < 1.29 is 18.3 Å². The first kappa shape index (κ1) is 24.2. The third kappa shape index (κ3) is 4.65. The predicted molar refractivity (Wildman–Crippen MR) is 137 cm³/mol. The van der Waals surface area contributed by atoms with Gasteiger partial charge in [-0.3, -0.25) is 9.78 Å². The smallest absolute Gasteiger partial charge is 0.265 e. The highest BCUT2D eigenvalue weighted by Gasteiger charge is 2.29. The van der Waals surface area contributed by atoms with E-state index in [0.717, 1.165) is 37.3 Å². The molecular formula is C28H30F2N4O2. The van der Waals surface area contributed by atoms with Gasteiger partial charge in [0.05, 0.1) is 17.6 Å². The summed E-state index contributed by atoms with van der Waals surface area (Å²) in [6, 6.07) is 10.5. The van der Waals surface area contributed by atoms with Crippen LogP contribution < -0.4 is 19.9 Å². The number of ether oxygens (including phenoxy) is 1. The monoisotopic (exact) mass is 492 g/mol. The first-order valence-electron chi connectivity index (χ1n) is 12.3. The zero-order valence-electron chi connectivity index (χ0n) is 20.8. The van der Waals surface area contributed by atoms with Gasteiger partial charge in [-0.2, -0.15) is 0 Å². The van der Waals surface area contributed by atoms with Gasteiger partial charge in [0.1, 0.15) is 17.4 Å². The van der Waals surface area contributed by atoms with Gasteiger partial charge >= 0.3 is 0 Å². The largest absolute Gasteiger partial charge is 0.481 e. The number of fused-ring (bicyclic) bond motifs is 1. The minimum atomic E-state index is -0.461. The molecule has 1 fully saturated rings. The Morgan fingerprint density at radius 2 is 1.83 bits per heavy atom. The van der Waals surface area contributed by atoms with Gasteiger partial charge in [0.2, 0.25) is 0 Å². The number of hydrogen-bond donors (Lipinski definition) is 1. The topological polar surface area (TPSA) is 57.7 Å². The van der Waals surface area contributed by atoms with E-state index < -0.39 is 5.82 Å². The molecule has 0 bridgehead atoms. The lowest BCUT2D eigenvalue weighted by molar-refractivity contribution is -0.121. The first-order chi connectivity index (χ1) is 17.3. The molecule has 6 nitrogen and oxygen atoms in total. The molecule has 0 radical (unpaired) electrons. The van der Waals surface area contributed by atoms with E-state index in [-0.39, 0.29) is 24.4 Å². The molecule has 5 rings (SSSR count). The highest BCUT2D eigenvalue weighted by atomic mass is 19.1. The van der Waals surface area contributed by atoms with Crippen LogP contribution in [0, 0.1) is 18.6 Å². The molecule has 0 unspecified atom stereocenters. The maximum atomic E-state index is 15.0. The molecule has 0 spiro atoms. The molecule has 3 aromatic rings. The number of amides is 1. The predicted octanol–water partition coefficient (Wildman–Crippen LogP) is 4.47. The average Bonchev–Trinajstić information content (AvgIpc) is 2.85. The van der Waals surface area contributed by atoms with E-state index in [4.69, 9.17) is 4.74 Å². The molecule has 0 atom stereocenters. The van der Waals surface area contributed by atoms with Gasteiger partial charge < -0.3 is 19.9 Å². The molecule has 2 aliphatic heterocycles. The summed E-state index contributed by atoms with van der Waals surface area (Å²) in [6.45, 7) is 8.96. The van der Waals surface area contributed by atoms with E-state index in [0.29, 0.717) is 40.4 Å². The second-order valence-corrected chi connectivity index (χ2v) is 9.64. The molecule has 8 heteroatoms. The van der Waals surface area contributed by atoms with Crippen LogP contribution in [-0.4, -0.2) is 49.7 Å². The van der Waals surface area contributed by atoms with E-state index in [1.807, 2.05) is 43.9 Å². The molecule has 188 valence electrons. The summed E-state index contributed by atoms with van der Waals surface area (Å²) in [6.07, 6.45) is 1.57. The lowest BCUT2D eigenvalue weighted by Gasteiger charge is -2.33. The van der Waals surface area contributed by atoms with Crippen molar-refractivity contribution in [2.24, 2.45) is 0 Å². The Labute approximate surface area is 209 Å². The van der Waals surface area contributed by atoms with E-state index in [2.05, 4.69) is 10.3 Å². The minimum absolute atomic E-state index is 0.0108. The van der Waals surface area contributed by atoms with E-state index in [1.165, 1.54) is 12.3 Å². The number of benzene rings is 2. The van der Waals surface area contributed by atoms with Crippen molar-refractivity contribution in [3.8, 4) is 16.9 Å². The van der Waals surface area contributed by atoms with Crippen molar-refractivity contribution in [1.82, 2.24) is 10.3 Å². The van der Waals surface area contributed by atoms with Gasteiger partial charge in [-0.25, -0.2) is 8.78 Å². The van der Waals surface area contributed by atoms with Gasteiger partial charge in [-0.05, 0) is 67.8 Å². The van der Waals surface area contributed by atoms with Crippen LogP contribution in [0.1, 0.15) is 30.7 Å². The van der Waals surface area contributed by atoms with Crippen LogP contribution in [-0.2, 0) is 11.2 Å². The number of aromatic nitrogens is 1. The summed E-state index contributed by atoms with van der Waals surface area (Å²) in [5.74, 6) is -0.212. The lowest BCUT2D eigenvalue weighted by atomic mass is 9.98. The first-order valence-corrected chi connectivity index (χ1v) is 12.3. The Kier molecular flexibility index (Phi) is 6.62. The van der Waals surface area contributed by atoms with E-state index in [9.17, 15) is 13.6 Å².